The second-order valence-corrected chi connectivity index (χ2v) is 7.47. The lowest BCUT2D eigenvalue weighted by atomic mass is 9.96. The Morgan fingerprint density at radius 2 is 2.05 bits per heavy atom. The maximum absolute atomic E-state index is 10.0. The minimum absolute atomic E-state index is 0.158. The van der Waals surface area contributed by atoms with Gasteiger partial charge >= 0.3 is 0 Å². The average molecular weight is 313 g/mol. The molecular weight excluding hydrogens is 288 g/mol. The van der Waals surface area contributed by atoms with Gasteiger partial charge in [0.05, 0.1) is 6.10 Å². The number of rotatable bonds is 3. The van der Waals surface area contributed by atoms with Crippen LogP contribution in [0.4, 0.5) is 5.82 Å². The number of aliphatic hydroxyl groups excluding tert-OH is 1. The summed E-state index contributed by atoms with van der Waals surface area (Å²) >= 11 is 6.17. The van der Waals surface area contributed by atoms with Crippen molar-refractivity contribution in [3.63, 3.8) is 0 Å². The van der Waals surface area contributed by atoms with Crippen LogP contribution in [0.1, 0.15) is 33.0 Å². The molecule has 2 atom stereocenters. The molecule has 1 aromatic heterocycles. The SMILES string of the molecule is CN(C)CC1CC(O)CN1c1cc(Cl)nc(C(C)(C)C)n1. The molecule has 2 unspecified atom stereocenters. The number of aromatic nitrogens is 2. The first-order chi connectivity index (χ1) is 9.66. The average Bonchev–Trinajstić information content (AvgIpc) is 2.67. The number of hydrogen-bond donors (Lipinski definition) is 1. The summed E-state index contributed by atoms with van der Waals surface area (Å²) in [5, 5.41) is 10.5. The van der Waals surface area contributed by atoms with E-state index in [1.54, 1.807) is 6.07 Å². The normalized spacial score (nSPS) is 23.1. The molecule has 5 nitrogen and oxygen atoms in total. The number of likely N-dealkylation sites (N-methyl/N-ethyl adjacent to an activating group) is 1. The fourth-order valence-corrected chi connectivity index (χ4v) is 2.83. The molecule has 0 aromatic carbocycles. The maximum Gasteiger partial charge on any atom is 0.137 e. The van der Waals surface area contributed by atoms with Crippen molar-refractivity contribution in [2.75, 3.05) is 32.1 Å². The quantitative estimate of drug-likeness (QED) is 0.864. The zero-order chi connectivity index (χ0) is 15.8. The van der Waals surface area contributed by atoms with Crippen LogP contribution >= 0.6 is 11.6 Å². The summed E-state index contributed by atoms with van der Waals surface area (Å²) in [5.41, 5.74) is -0.158. The Balaban J connectivity index is 2.33. The molecule has 2 rings (SSSR count). The molecule has 6 heteroatoms. The minimum Gasteiger partial charge on any atom is -0.391 e. The van der Waals surface area contributed by atoms with Crippen molar-refractivity contribution < 1.29 is 5.11 Å². The molecule has 0 saturated carbocycles. The van der Waals surface area contributed by atoms with Gasteiger partial charge in [-0.15, -0.1) is 0 Å². The Kier molecular flexibility index (Phi) is 4.76. The number of hydrogen-bond acceptors (Lipinski definition) is 5. The van der Waals surface area contributed by atoms with Gasteiger partial charge in [0.2, 0.25) is 0 Å². The molecule has 118 valence electrons. The lowest BCUT2D eigenvalue weighted by Crippen LogP contribution is -2.38. The van der Waals surface area contributed by atoms with E-state index in [1.807, 2.05) is 14.1 Å². The number of nitrogens with zero attached hydrogens (tertiary/aromatic N) is 4. The van der Waals surface area contributed by atoms with Crippen molar-refractivity contribution in [1.82, 2.24) is 14.9 Å². The third kappa shape index (κ3) is 4.05. The topological polar surface area (TPSA) is 52.5 Å². The molecule has 0 aliphatic carbocycles. The predicted molar refractivity (Wildman–Crippen MR) is 86.1 cm³/mol. The highest BCUT2D eigenvalue weighted by molar-refractivity contribution is 6.29. The summed E-state index contributed by atoms with van der Waals surface area (Å²) in [5.74, 6) is 1.54. The largest absolute Gasteiger partial charge is 0.391 e. The van der Waals surface area contributed by atoms with Gasteiger partial charge in [0.15, 0.2) is 0 Å². The summed E-state index contributed by atoms with van der Waals surface area (Å²) in [7, 11) is 4.08. The first kappa shape index (κ1) is 16.5. The summed E-state index contributed by atoms with van der Waals surface area (Å²) < 4.78 is 0. The van der Waals surface area contributed by atoms with Crippen LogP contribution in [0.3, 0.4) is 0 Å². The zero-order valence-electron chi connectivity index (χ0n) is 13.5. The highest BCUT2D eigenvalue weighted by atomic mass is 35.5. The molecule has 1 saturated heterocycles. The van der Waals surface area contributed by atoms with Crippen molar-refractivity contribution in [2.24, 2.45) is 0 Å². The van der Waals surface area contributed by atoms with Gasteiger partial charge < -0.3 is 14.9 Å². The smallest absolute Gasteiger partial charge is 0.137 e. The third-order valence-corrected chi connectivity index (χ3v) is 3.81. The van der Waals surface area contributed by atoms with Crippen molar-refractivity contribution in [1.29, 1.82) is 0 Å². The molecule has 0 amide bonds. The molecular formula is C15H25ClN4O. The Morgan fingerprint density at radius 1 is 1.38 bits per heavy atom. The van der Waals surface area contributed by atoms with Crippen LogP contribution in [0.15, 0.2) is 6.07 Å². The van der Waals surface area contributed by atoms with Crippen LogP contribution in [0.2, 0.25) is 5.15 Å². The zero-order valence-corrected chi connectivity index (χ0v) is 14.2. The number of halogens is 1. The van der Waals surface area contributed by atoms with Gasteiger partial charge in [-0.1, -0.05) is 32.4 Å². The summed E-state index contributed by atoms with van der Waals surface area (Å²) in [6, 6.07) is 2.03. The van der Waals surface area contributed by atoms with E-state index in [1.165, 1.54) is 0 Å². The van der Waals surface area contributed by atoms with E-state index < -0.39 is 0 Å². The standard InChI is InChI=1S/C15H25ClN4O/c1-15(2,3)14-17-12(16)7-13(18-14)20-9-11(21)6-10(20)8-19(4)5/h7,10-11,21H,6,8-9H2,1-5H3. The van der Waals surface area contributed by atoms with Crippen molar-refractivity contribution in [3.8, 4) is 0 Å². The Morgan fingerprint density at radius 3 is 2.62 bits per heavy atom. The van der Waals surface area contributed by atoms with E-state index in [0.717, 1.165) is 24.6 Å². The fourth-order valence-electron chi connectivity index (χ4n) is 2.66. The molecule has 0 bridgehead atoms. The number of aliphatic hydroxyl groups is 1. The van der Waals surface area contributed by atoms with Crippen LogP contribution in [-0.4, -0.2) is 59.3 Å². The molecule has 2 heterocycles. The van der Waals surface area contributed by atoms with Gasteiger partial charge in [-0.05, 0) is 20.5 Å². The highest BCUT2D eigenvalue weighted by Gasteiger charge is 2.33. The summed E-state index contributed by atoms with van der Waals surface area (Å²) in [6.45, 7) is 7.68. The molecule has 0 radical (unpaired) electrons. The third-order valence-electron chi connectivity index (χ3n) is 3.61. The van der Waals surface area contributed by atoms with E-state index in [9.17, 15) is 5.11 Å². The van der Waals surface area contributed by atoms with E-state index in [2.05, 4.69) is 40.5 Å². The van der Waals surface area contributed by atoms with Gasteiger partial charge in [-0.2, -0.15) is 0 Å². The fraction of sp³-hybridized carbons (Fsp3) is 0.733. The minimum atomic E-state index is -0.318. The summed E-state index contributed by atoms with van der Waals surface area (Å²) in [4.78, 5) is 13.3. The first-order valence-corrected chi connectivity index (χ1v) is 7.69. The predicted octanol–water partition coefficient (Wildman–Crippen LogP) is 1.93. The molecule has 21 heavy (non-hydrogen) atoms. The van der Waals surface area contributed by atoms with E-state index >= 15 is 0 Å². The van der Waals surface area contributed by atoms with Crippen LogP contribution in [0, 0.1) is 0 Å². The first-order valence-electron chi connectivity index (χ1n) is 7.31. The van der Waals surface area contributed by atoms with Gasteiger partial charge in [0.25, 0.3) is 0 Å². The van der Waals surface area contributed by atoms with Crippen molar-refractivity contribution in [3.05, 3.63) is 17.0 Å². The Hall–Kier alpha value is -0.910. The Bertz CT molecular complexity index is 501. The molecule has 1 N–H and O–H groups in total. The molecule has 1 fully saturated rings. The van der Waals surface area contributed by atoms with Gasteiger partial charge in [0, 0.05) is 30.6 Å². The van der Waals surface area contributed by atoms with E-state index in [-0.39, 0.29) is 17.6 Å². The maximum atomic E-state index is 10.0. The highest BCUT2D eigenvalue weighted by Crippen LogP contribution is 2.29. The van der Waals surface area contributed by atoms with Crippen molar-refractivity contribution >= 4 is 17.4 Å². The number of anilines is 1. The van der Waals surface area contributed by atoms with Gasteiger partial charge in [-0.3, -0.25) is 0 Å². The van der Waals surface area contributed by atoms with E-state index in [4.69, 9.17) is 11.6 Å². The monoisotopic (exact) mass is 312 g/mol. The summed E-state index contributed by atoms with van der Waals surface area (Å²) in [6.07, 6.45) is 0.437. The molecule has 1 aromatic rings. The molecule has 1 aliphatic rings. The van der Waals surface area contributed by atoms with Gasteiger partial charge in [-0.25, -0.2) is 9.97 Å². The lowest BCUT2D eigenvalue weighted by Gasteiger charge is -2.29. The Labute approximate surface area is 131 Å². The van der Waals surface area contributed by atoms with Crippen molar-refractivity contribution in [2.45, 2.75) is 44.8 Å². The van der Waals surface area contributed by atoms with Crippen LogP contribution < -0.4 is 4.90 Å². The molecule has 0 spiro atoms. The lowest BCUT2D eigenvalue weighted by molar-refractivity contribution is 0.191. The second-order valence-electron chi connectivity index (χ2n) is 7.08. The molecule has 1 aliphatic heterocycles. The second kappa shape index (κ2) is 6.07. The van der Waals surface area contributed by atoms with E-state index in [0.29, 0.717) is 11.7 Å². The van der Waals surface area contributed by atoms with Crippen LogP contribution in [0.25, 0.3) is 0 Å². The number of β-amino-alcohol motifs (C(OH)–C–C–N with tert-alkyl or cyclic N) is 1. The van der Waals surface area contributed by atoms with Crippen LogP contribution in [0.5, 0.6) is 0 Å². The van der Waals surface area contributed by atoms with Crippen LogP contribution in [-0.2, 0) is 5.41 Å². The van der Waals surface area contributed by atoms with Gasteiger partial charge in [0.1, 0.15) is 16.8 Å².